The summed E-state index contributed by atoms with van der Waals surface area (Å²) in [6, 6.07) is 8.68. The summed E-state index contributed by atoms with van der Waals surface area (Å²) in [6.07, 6.45) is 1.43. The minimum atomic E-state index is -0.706. The van der Waals surface area contributed by atoms with Crippen molar-refractivity contribution in [2.75, 3.05) is 20.2 Å². The monoisotopic (exact) mass is 461 g/mol. The van der Waals surface area contributed by atoms with Crippen molar-refractivity contribution in [3.05, 3.63) is 35.9 Å². The lowest BCUT2D eigenvalue weighted by molar-refractivity contribution is -0.143. The number of benzene rings is 1. The van der Waals surface area contributed by atoms with Crippen molar-refractivity contribution in [1.29, 1.82) is 0 Å². The molecule has 1 heterocycles. The molecule has 1 aliphatic rings. The van der Waals surface area contributed by atoms with Gasteiger partial charge in [-0.15, -0.1) is 0 Å². The normalized spacial score (nSPS) is 15.7. The van der Waals surface area contributed by atoms with Crippen LogP contribution < -0.4 is 5.32 Å². The van der Waals surface area contributed by atoms with Gasteiger partial charge < -0.3 is 24.6 Å². The summed E-state index contributed by atoms with van der Waals surface area (Å²) in [4.78, 5) is 41.5. The summed E-state index contributed by atoms with van der Waals surface area (Å²) in [6.45, 7) is 11.0. The molecule has 0 saturated carbocycles. The number of methoxy groups -OCH3 is 1. The SMILES string of the molecule is COC(=O)C(CC(C)C)NC(=O)N(Cc1ccccc1)C1CCN(C(=O)OC(C)(C)C)CC1. The molecule has 1 aromatic rings. The Morgan fingerprint density at radius 1 is 1.12 bits per heavy atom. The molecular weight excluding hydrogens is 422 g/mol. The summed E-state index contributed by atoms with van der Waals surface area (Å²) in [5.41, 5.74) is 0.452. The molecular formula is C25H39N3O5. The Morgan fingerprint density at radius 3 is 2.24 bits per heavy atom. The number of nitrogens with zero attached hydrogens (tertiary/aromatic N) is 2. The molecule has 2 rings (SSSR count). The van der Waals surface area contributed by atoms with Gasteiger partial charge in [0.05, 0.1) is 7.11 Å². The summed E-state index contributed by atoms with van der Waals surface area (Å²) in [5, 5.41) is 2.89. The molecule has 0 aliphatic carbocycles. The van der Waals surface area contributed by atoms with Crippen molar-refractivity contribution >= 4 is 18.1 Å². The minimum Gasteiger partial charge on any atom is -0.467 e. The number of amides is 3. The average Bonchev–Trinajstić information content (AvgIpc) is 2.75. The van der Waals surface area contributed by atoms with Crippen molar-refractivity contribution in [1.82, 2.24) is 15.1 Å². The number of likely N-dealkylation sites (tertiary alicyclic amines) is 1. The first-order valence-corrected chi connectivity index (χ1v) is 11.7. The molecule has 1 saturated heterocycles. The second-order valence-electron chi connectivity index (χ2n) is 9.97. The number of hydrogen-bond donors (Lipinski definition) is 1. The molecule has 33 heavy (non-hydrogen) atoms. The molecule has 1 fully saturated rings. The summed E-state index contributed by atoms with van der Waals surface area (Å²) in [7, 11) is 1.33. The third-order valence-corrected chi connectivity index (χ3v) is 5.50. The molecule has 0 spiro atoms. The highest BCUT2D eigenvalue weighted by atomic mass is 16.6. The highest BCUT2D eigenvalue weighted by Crippen LogP contribution is 2.22. The van der Waals surface area contributed by atoms with E-state index in [9.17, 15) is 14.4 Å². The van der Waals surface area contributed by atoms with Crippen LogP contribution in [0.4, 0.5) is 9.59 Å². The lowest BCUT2D eigenvalue weighted by atomic mass is 10.0. The zero-order valence-electron chi connectivity index (χ0n) is 20.8. The number of carbonyl (C=O) groups is 3. The lowest BCUT2D eigenvalue weighted by Crippen LogP contribution is -2.54. The Labute approximate surface area is 197 Å². The van der Waals surface area contributed by atoms with Gasteiger partial charge in [-0.1, -0.05) is 44.2 Å². The first-order valence-electron chi connectivity index (χ1n) is 11.7. The molecule has 1 unspecified atom stereocenters. The maximum atomic E-state index is 13.4. The standard InChI is InChI=1S/C25H39N3O5/c1-18(2)16-21(22(29)32-6)26-23(30)28(17-19-10-8-7-9-11-19)20-12-14-27(15-13-20)24(31)33-25(3,4)5/h7-11,18,20-21H,12-17H2,1-6H3,(H,26,30). The van der Waals surface area contributed by atoms with E-state index in [1.54, 1.807) is 9.80 Å². The number of ether oxygens (including phenoxy) is 2. The van der Waals surface area contributed by atoms with Crippen molar-refractivity contribution in [3.8, 4) is 0 Å². The predicted octanol–water partition coefficient (Wildman–Crippen LogP) is 4.19. The number of urea groups is 1. The second kappa shape index (κ2) is 11.9. The third kappa shape index (κ3) is 8.59. The van der Waals surface area contributed by atoms with Crippen molar-refractivity contribution < 1.29 is 23.9 Å². The fourth-order valence-corrected chi connectivity index (χ4v) is 3.89. The summed E-state index contributed by atoms with van der Waals surface area (Å²) in [5.74, 6) is -0.231. The van der Waals surface area contributed by atoms with Gasteiger partial charge in [-0.25, -0.2) is 14.4 Å². The number of piperidine rings is 1. The summed E-state index contributed by atoms with van der Waals surface area (Å²) < 4.78 is 10.4. The topological polar surface area (TPSA) is 88.2 Å². The van der Waals surface area contributed by atoms with E-state index in [4.69, 9.17) is 9.47 Å². The van der Waals surface area contributed by atoms with Crippen LogP contribution in [0, 0.1) is 5.92 Å². The number of nitrogens with one attached hydrogen (secondary N) is 1. The quantitative estimate of drug-likeness (QED) is 0.615. The van der Waals surface area contributed by atoms with E-state index in [1.807, 2.05) is 65.0 Å². The molecule has 184 valence electrons. The van der Waals surface area contributed by atoms with E-state index in [-0.39, 0.29) is 24.1 Å². The molecule has 1 aliphatic heterocycles. The average molecular weight is 462 g/mol. The first-order chi connectivity index (χ1) is 15.5. The maximum Gasteiger partial charge on any atom is 0.410 e. The van der Waals surface area contributed by atoms with E-state index >= 15 is 0 Å². The van der Waals surface area contributed by atoms with Gasteiger partial charge >= 0.3 is 18.1 Å². The van der Waals surface area contributed by atoms with Gasteiger partial charge in [-0.05, 0) is 51.5 Å². The van der Waals surface area contributed by atoms with Crippen LogP contribution in [0.15, 0.2) is 30.3 Å². The molecule has 0 aromatic heterocycles. The van der Waals surface area contributed by atoms with E-state index in [2.05, 4.69) is 5.32 Å². The molecule has 1 N–H and O–H groups in total. The molecule has 0 radical (unpaired) electrons. The lowest BCUT2D eigenvalue weighted by Gasteiger charge is -2.39. The number of hydrogen-bond acceptors (Lipinski definition) is 5. The second-order valence-corrected chi connectivity index (χ2v) is 9.97. The minimum absolute atomic E-state index is 0.0683. The van der Waals surface area contributed by atoms with Gasteiger partial charge in [0.25, 0.3) is 0 Å². The third-order valence-electron chi connectivity index (χ3n) is 5.50. The zero-order valence-corrected chi connectivity index (χ0v) is 20.8. The largest absolute Gasteiger partial charge is 0.467 e. The van der Waals surface area contributed by atoms with Gasteiger partial charge in [0.15, 0.2) is 0 Å². The van der Waals surface area contributed by atoms with Crippen LogP contribution in [-0.4, -0.2) is 65.8 Å². The van der Waals surface area contributed by atoms with Gasteiger partial charge in [-0.2, -0.15) is 0 Å². The first kappa shape index (κ1) is 26.5. The van der Waals surface area contributed by atoms with E-state index in [0.29, 0.717) is 38.9 Å². The zero-order chi connectivity index (χ0) is 24.6. The van der Waals surface area contributed by atoms with Gasteiger partial charge in [0.2, 0.25) is 0 Å². The van der Waals surface area contributed by atoms with Gasteiger partial charge in [-0.3, -0.25) is 0 Å². The van der Waals surface area contributed by atoms with Crippen LogP contribution in [0.1, 0.15) is 59.4 Å². The molecule has 3 amide bonds. The van der Waals surface area contributed by atoms with Crippen molar-refractivity contribution in [2.24, 2.45) is 5.92 Å². The van der Waals surface area contributed by atoms with Crippen LogP contribution in [0.3, 0.4) is 0 Å². The number of carbonyl (C=O) groups excluding carboxylic acids is 3. The van der Waals surface area contributed by atoms with Crippen LogP contribution in [-0.2, 0) is 20.8 Å². The predicted molar refractivity (Wildman–Crippen MR) is 127 cm³/mol. The summed E-state index contributed by atoms with van der Waals surface area (Å²) >= 11 is 0. The number of rotatable bonds is 7. The maximum absolute atomic E-state index is 13.4. The van der Waals surface area contributed by atoms with Crippen molar-refractivity contribution in [3.63, 3.8) is 0 Å². The molecule has 1 aromatic carbocycles. The highest BCUT2D eigenvalue weighted by molar-refractivity contribution is 5.83. The van der Waals surface area contributed by atoms with Gasteiger partial charge in [0, 0.05) is 25.7 Å². The number of esters is 1. The van der Waals surface area contributed by atoms with Crippen LogP contribution >= 0.6 is 0 Å². The van der Waals surface area contributed by atoms with Crippen LogP contribution in [0.25, 0.3) is 0 Å². The molecule has 8 heteroatoms. The van der Waals surface area contributed by atoms with E-state index in [1.165, 1.54) is 7.11 Å². The van der Waals surface area contributed by atoms with E-state index in [0.717, 1.165) is 5.56 Å². The fourth-order valence-electron chi connectivity index (χ4n) is 3.89. The Balaban J connectivity index is 2.13. The molecule has 0 bridgehead atoms. The Bertz CT molecular complexity index is 783. The fraction of sp³-hybridized carbons (Fsp3) is 0.640. The Morgan fingerprint density at radius 2 is 1.73 bits per heavy atom. The van der Waals surface area contributed by atoms with Crippen molar-refractivity contribution in [2.45, 2.75) is 78.1 Å². The van der Waals surface area contributed by atoms with Crippen LogP contribution in [0.5, 0.6) is 0 Å². The Hall–Kier alpha value is -2.77. The Kier molecular flexibility index (Phi) is 9.56. The van der Waals surface area contributed by atoms with Gasteiger partial charge in [0.1, 0.15) is 11.6 Å². The smallest absolute Gasteiger partial charge is 0.410 e. The highest BCUT2D eigenvalue weighted by Gasteiger charge is 2.33. The van der Waals surface area contributed by atoms with Crippen LogP contribution in [0.2, 0.25) is 0 Å². The molecule has 8 nitrogen and oxygen atoms in total. The van der Waals surface area contributed by atoms with E-state index < -0.39 is 17.6 Å². The molecule has 1 atom stereocenters.